The monoisotopic (exact) mass is 165 g/mol. The van der Waals surface area contributed by atoms with Gasteiger partial charge < -0.3 is 9.30 Å². The fourth-order valence-corrected chi connectivity index (χ4v) is 1.54. The smallest absolute Gasteiger partial charge is 0.335 e. The average molecular weight is 165 g/mol. The van der Waals surface area contributed by atoms with E-state index >= 15 is 0 Å². The van der Waals surface area contributed by atoms with Gasteiger partial charge in [0.25, 0.3) is 0 Å². The predicted molar refractivity (Wildman–Crippen MR) is 44.0 cm³/mol. The van der Waals surface area contributed by atoms with E-state index in [1.807, 2.05) is 22.9 Å². The van der Waals surface area contributed by atoms with Crippen LogP contribution in [0, 0.1) is 0 Å². The Morgan fingerprint density at radius 3 is 3.25 bits per heavy atom. The molecule has 1 aromatic heterocycles. The van der Waals surface area contributed by atoms with Crippen LogP contribution >= 0.6 is 0 Å². The van der Waals surface area contributed by atoms with Crippen molar-refractivity contribution >= 4 is 5.97 Å². The zero-order chi connectivity index (χ0) is 8.55. The Hall–Kier alpha value is -1.25. The third-order valence-electron chi connectivity index (χ3n) is 2.12. The maximum Gasteiger partial charge on any atom is 0.335 e. The average Bonchev–Trinajstić information content (AvgIpc) is 2.56. The summed E-state index contributed by atoms with van der Waals surface area (Å²) >= 11 is 0. The van der Waals surface area contributed by atoms with Crippen molar-refractivity contribution in [2.45, 2.75) is 25.8 Å². The van der Waals surface area contributed by atoms with Crippen LogP contribution in [0.15, 0.2) is 18.3 Å². The number of nitrogens with zero attached hydrogens (tertiary/aromatic N) is 1. The first kappa shape index (κ1) is 7.40. The molecule has 0 N–H and O–H groups in total. The molecule has 0 bridgehead atoms. The van der Waals surface area contributed by atoms with Crippen molar-refractivity contribution in [3.63, 3.8) is 0 Å². The maximum absolute atomic E-state index is 11.2. The van der Waals surface area contributed by atoms with Gasteiger partial charge in [0, 0.05) is 12.3 Å². The first-order valence-corrected chi connectivity index (χ1v) is 4.21. The molecule has 0 saturated heterocycles. The fraction of sp³-hybridized carbons (Fsp3) is 0.444. The van der Waals surface area contributed by atoms with Crippen molar-refractivity contribution in [3.05, 3.63) is 18.3 Å². The van der Waals surface area contributed by atoms with Crippen LogP contribution in [0.5, 0.6) is 5.88 Å². The van der Waals surface area contributed by atoms with Gasteiger partial charge in [-0.25, -0.2) is 4.79 Å². The van der Waals surface area contributed by atoms with E-state index in [1.54, 1.807) is 0 Å². The number of hydrogen-bond donors (Lipinski definition) is 0. The summed E-state index contributed by atoms with van der Waals surface area (Å²) in [6.07, 6.45) is 3.75. The minimum atomic E-state index is -0.118. The summed E-state index contributed by atoms with van der Waals surface area (Å²) in [5.74, 6) is 0.561. The maximum atomic E-state index is 11.2. The number of carbonyl (C=O) groups excluding carboxylic acids is 1. The molecule has 0 spiro atoms. The minimum Gasteiger partial charge on any atom is -0.408 e. The first-order chi connectivity index (χ1) is 5.83. The molecular formula is C9H11NO2. The molecule has 1 aromatic rings. The van der Waals surface area contributed by atoms with Crippen LogP contribution in [0.1, 0.15) is 25.8 Å². The zero-order valence-corrected chi connectivity index (χ0v) is 6.99. The summed E-state index contributed by atoms with van der Waals surface area (Å²) in [7, 11) is 0. The molecule has 3 heteroatoms. The van der Waals surface area contributed by atoms with E-state index in [2.05, 4.69) is 6.92 Å². The highest BCUT2D eigenvalue weighted by molar-refractivity contribution is 5.79. The van der Waals surface area contributed by atoms with E-state index in [-0.39, 0.29) is 12.0 Å². The lowest BCUT2D eigenvalue weighted by molar-refractivity contribution is -0.134. The van der Waals surface area contributed by atoms with E-state index in [9.17, 15) is 4.79 Å². The van der Waals surface area contributed by atoms with Gasteiger partial charge in [0.05, 0.1) is 0 Å². The van der Waals surface area contributed by atoms with E-state index in [4.69, 9.17) is 4.74 Å². The number of carbonyl (C=O) groups is 1. The Bertz CT molecular complexity index is 303. The molecule has 3 nitrogen and oxygen atoms in total. The summed E-state index contributed by atoms with van der Waals surface area (Å²) in [5.41, 5.74) is 0. The highest BCUT2D eigenvalue weighted by Crippen LogP contribution is 2.30. The lowest BCUT2D eigenvalue weighted by atomic mass is 10.2. The van der Waals surface area contributed by atoms with E-state index in [0.29, 0.717) is 5.88 Å². The Balaban J connectivity index is 2.29. The Kier molecular flexibility index (Phi) is 1.64. The fourth-order valence-electron chi connectivity index (χ4n) is 1.54. The van der Waals surface area contributed by atoms with Gasteiger partial charge in [-0.15, -0.1) is 0 Å². The SMILES string of the molecule is CCC[C@@H]1C(=O)Oc2cccn21. The second-order valence-electron chi connectivity index (χ2n) is 2.98. The van der Waals surface area contributed by atoms with E-state index < -0.39 is 0 Å². The van der Waals surface area contributed by atoms with Crippen molar-refractivity contribution in [1.29, 1.82) is 0 Å². The van der Waals surface area contributed by atoms with E-state index in [1.165, 1.54) is 0 Å². The summed E-state index contributed by atoms with van der Waals surface area (Å²) in [4.78, 5) is 11.2. The van der Waals surface area contributed by atoms with Gasteiger partial charge in [-0.05, 0) is 12.5 Å². The Morgan fingerprint density at radius 2 is 2.50 bits per heavy atom. The lowest BCUT2D eigenvalue weighted by Gasteiger charge is -2.05. The molecule has 0 amide bonds. The Labute approximate surface area is 70.9 Å². The third-order valence-corrected chi connectivity index (χ3v) is 2.12. The highest BCUT2D eigenvalue weighted by atomic mass is 16.6. The molecule has 64 valence electrons. The zero-order valence-electron chi connectivity index (χ0n) is 6.99. The number of rotatable bonds is 2. The quantitative estimate of drug-likeness (QED) is 0.625. The lowest BCUT2D eigenvalue weighted by Crippen LogP contribution is -2.13. The first-order valence-electron chi connectivity index (χ1n) is 4.21. The molecule has 1 aliphatic heterocycles. The minimum absolute atomic E-state index is 0.0833. The van der Waals surface area contributed by atoms with Crippen molar-refractivity contribution in [2.24, 2.45) is 0 Å². The van der Waals surface area contributed by atoms with Gasteiger partial charge in [-0.1, -0.05) is 13.3 Å². The molecule has 12 heavy (non-hydrogen) atoms. The van der Waals surface area contributed by atoms with Gasteiger partial charge in [0.1, 0.15) is 6.04 Å². The van der Waals surface area contributed by atoms with Crippen molar-refractivity contribution in [3.8, 4) is 5.88 Å². The van der Waals surface area contributed by atoms with Gasteiger partial charge in [-0.3, -0.25) is 0 Å². The Morgan fingerprint density at radius 1 is 1.67 bits per heavy atom. The molecule has 0 radical (unpaired) electrons. The second kappa shape index (κ2) is 2.66. The number of esters is 1. The van der Waals surface area contributed by atoms with Gasteiger partial charge in [0.15, 0.2) is 0 Å². The second-order valence-corrected chi connectivity index (χ2v) is 2.98. The molecule has 0 saturated carbocycles. The molecule has 2 rings (SSSR count). The highest BCUT2D eigenvalue weighted by Gasteiger charge is 2.30. The number of ether oxygens (including phenoxy) is 1. The van der Waals surface area contributed by atoms with Crippen molar-refractivity contribution in [1.82, 2.24) is 4.57 Å². The molecule has 0 fully saturated rings. The normalized spacial score (nSPS) is 20.8. The molecule has 1 atom stereocenters. The molecular weight excluding hydrogens is 154 g/mol. The van der Waals surface area contributed by atoms with Crippen LogP contribution in [-0.4, -0.2) is 10.5 Å². The molecule has 2 heterocycles. The van der Waals surface area contributed by atoms with Crippen LogP contribution in [0.25, 0.3) is 0 Å². The molecule has 0 aliphatic carbocycles. The van der Waals surface area contributed by atoms with Crippen LogP contribution in [0.2, 0.25) is 0 Å². The van der Waals surface area contributed by atoms with Crippen LogP contribution in [-0.2, 0) is 4.79 Å². The van der Waals surface area contributed by atoms with E-state index in [0.717, 1.165) is 12.8 Å². The van der Waals surface area contributed by atoms with Crippen molar-refractivity contribution < 1.29 is 9.53 Å². The van der Waals surface area contributed by atoms with Gasteiger partial charge in [-0.2, -0.15) is 0 Å². The summed E-state index contributed by atoms with van der Waals surface area (Å²) in [6, 6.07) is 3.62. The standard InChI is InChI=1S/C9H11NO2/c1-2-4-7-9(11)12-8-5-3-6-10(7)8/h3,5-7H,2,4H2,1H3/t7-/m1/s1. The summed E-state index contributed by atoms with van der Waals surface area (Å²) in [5, 5.41) is 0. The third kappa shape index (κ3) is 0.932. The van der Waals surface area contributed by atoms with Gasteiger partial charge in [0.2, 0.25) is 5.88 Å². The topological polar surface area (TPSA) is 31.2 Å². The largest absolute Gasteiger partial charge is 0.408 e. The molecule has 0 unspecified atom stereocenters. The predicted octanol–water partition coefficient (Wildman–Crippen LogP) is 1.75. The van der Waals surface area contributed by atoms with Crippen molar-refractivity contribution in [2.75, 3.05) is 0 Å². The summed E-state index contributed by atoms with van der Waals surface area (Å²) in [6.45, 7) is 2.06. The van der Waals surface area contributed by atoms with Crippen LogP contribution in [0.3, 0.4) is 0 Å². The van der Waals surface area contributed by atoms with Crippen LogP contribution < -0.4 is 4.74 Å². The molecule has 0 aromatic carbocycles. The summed E-state index contributed by atoms with van der Waals surface area (Å²) < 4.78 is 6.93. The number of hydrogen-bond acceptors (Lipinski definition) is 2. The number of fused-ring (bicyclic) bond motifs is 1. The van der Waals surface area contributed by atoms with Crippen LogP contribution in [0.4, 0.5) is 0 Å². The van der Waals surface area contributed by atoms with Gasteiger partial charge >= 0.3 is 5.97 Å². The number of aromatic nitrogens is 1. The molecule has 1 aliphatic rings.